The highest BCUT2D eigenvalue weighted by Crippen LogP contribution is 2.18. The van der Waals surface area contributed by atoms with E-state index in [9.17, 15) is 29.4 Å². The van der Waals surface area contributed by atoms with Gasteiger partial charge in [-0.2, -0.15) is 0 Å². The molecule has 0 radical (unpaired) electrons. The molecule has 6 N–H and O–H groups in total. The molecule has 4 amide bonds. The topological polar surface area (TPSA) is 201 Å². The Morgan fingerprint density at radius 3 is 1.21 bits per heavy atom. The average molecular weight is 769 g/mol. The highest BCUT2D eigenvalue weighted by molar-refractivity contribution is 5.91. The number of aliphatic hydroxyl groups is 2. The fourth-order valence-electron chi connectivity index (χ4n) is 5.66. The molecule has 4 aromatic rings. The SMILES string of the molecule is CC(C)C(NC(=O)C(OCc1ccccc1)C(O)C(O)C(OCc1ccccc1)C(=O)NC(C(=O)NCc1ccccn1)C(C)C)C(=O)NCc1ccccn1. The maximum absolute atomic E-state index is 14.0. The van der Waals surface area contributed by atoms with Crippen molar-refractivity contribution >= 4 is 23.6 Å². The summed E-state index contributed by atoms with van der Waals surface area (Å²) in [5.74, 6) is -3.61. The van der Waals surface area contributed by atoms with Crippen molar-refractivity contribution in [2.24, 2.45) is 11.8 Å². The van der Waals surface area contributed by atoms with E-state index in [0.717, 1.165) is 0 Å². The summed E-state index contributed by atoms with van der Waals surface area (Å²) in [5, 5.41) is 34.4. The normalized spacial score (nSPS) is 14.5. The van der Waals surface area contributed by atoms with Crippen molar-refractivity contribution in [2.75, 3.05) is 0 Å². The van der Waals surface area contributed by atoms with Gasteiger partial charge in [0.2, 0.25) is 11.8 Å². The van der Waals surface area contributed by atoms with E-state index in [1.807, 2.05) is 0 Å². The lowest BCUT2D eigenvalue weighted by Gasteiger charge is -2.33. The third-order valence-corrected chi connectivity index (χ3v) is 8.87. The Hall–Kier alpha value is -5.54. The number of aromatic nitrogens is 2. The minimum atomic E-state index is -2.05. The van der Waals surface area contributed by atoms with Gasteiger partial charge in [0, 0.05) is 12.4 Å². The minimum Gasteiger partial charge on any atom is -0.387 e. The predicted octanol–water partition coefficient (Wildman–Crippen LogP) is 2.58. The quantitative estimate of drug-likeness (QED) is 0.0732. The lowest BCUT2D eigenvalue weighted by Crippen LogP contribution is -2.60. The van der Waals surface area contributed by atoms with Crippen LogP contribution in [-0.4, -0.2) is 80.3 Å². The summed E-state index contributed by atoms with van der Waals surface area (Å²) < 4.78 is 11.9. The van der Waals surface area contributed by atoms with Gasteiger partial charge in [0.1, 0.15) is 24.3 Å². The van der Waals surface area contributed by atoms with Crippen molar-refractivity contribution in [3.8, 4) is 0 Å². The molecule has 0 aliphatic heterocycles. The zero-order valence-electron chi connectivity index (χ0n) is 32.1. The summed E-state index contributed by atoms with van der Waals surface area (Å²) in [5.41, 5.74) is 2.54. The first kappa shape index (κ1) is 43.2. The van der Waals surface area contributed by atoms with Crippen molar-refractivity contribution in [1.82, 2.24) is 31.2 Å². The maximum Gasteiger partial charge on any atom is 0.252 e. The Balaban J connectivity index is 1.57. The van der Waals surface area contributed by atoms with Gasteiger partial charge in [-0.15, -0.1) is 0 Å². The van der Waals surface area contributed by atoms with E-state index in [-0.39, 0.29) is 26.3 Å². The van der Waals surface area contributed by atoms with Crippen LogP contribution in [0.5, 0.6) is 0 Å². The maximum atomic E-state index is 14.0. The van der Waals surface area contributed by atoms with Gasteiger partial charge in [0.25, 0.3) is 11.8 Å². The van der Waals surface area contributed by atoms with E-state index in [1.54, 1.807) is 137 Å². The van der Waals surface area contributed by atoms with Gasteiger partial charge >= 0.3 is 0 Å². The summed E-state index contributed by atoms with van der Waals surface area (Å²) in [6.45, 7) is 6.88. The van der Waals surface area contributed by atoms with Crippen molar-refractivity contribution in [3.63, 3.8) is 0 Å². The molecule has 2 aromatic heterocycles. The summed E-state index contributed by atoms with van der Waals surface area (Å²) in [6, 6.07) is 26.2. The van der Waals surface area contributed by atoms with Crippen LogP contribution in [-0.2, 0) is 55.0 Å². The fraction of sp³-hybridized carbons (Fsp3) is 0.381. The molecule has 0 fully saturated rings. The number of benzene rings is 2. The summed E-state index contributed by atoms with van der Waals surface area (Å²) in [7, 11) is 0. The van der Waals surface area contributed by atoms with Gasteiger partial charge in [-0.3, -0.25) is 29.1 Å². The van der Waals surface area contributed by atoms with E-state index in [4.69, 9.17) is 9.47 Å². The summed E-state index contributed by atoms with van der Waals surface area (Å²) in [4.78, 5) is 63.1. The van der Waals surface area contributed by atoms with Gasteiger partial charge in [0.05, 0.1) is 37.7 Å². The van der Waals surface area contributed by atoms with Crippen LogP contribution >= 0.6 is 0 Å². The molecule has 0 saturated carbocycles. The van der Waals surface area contributed by atoms with Crippen molar-refractivity contribution in [2.45, 2.75) is 90.5 Å². The lowest BCUT2D eigenvalue weighted by molar-refractivity contribution is -0.171. The van der Waals surface area contributed by atoms with Crippen molar-refractivity contribution in [1.29, 1.82) is 0 Å². The second-order valence-corrected chi connectivity index (χ2v) is 14.0. The number of aliphatic hydroxyl groups excluding tert-OH is 2. The van der Waals surface area contributed by atoms with Gasteiger partial charge in [-0.25, -0.2) is 0 Å². The van der Waals surface area contributed by atoms with E-state index >= 15 is 0 Å². The van der Waals surface area contributed by atoms with Crippen LogP contribution in [0.25, 0.3) is 0 Å². The average Bonchev–Trinajstić information content (AvgIpc) is 3.21. The molecular weight excluding hydrogens is 716 g/mol. The first-order valence-electron chi connectivity index (χ1n) is 18.6. The molecule has 0 aliphatic rings. The van der Waals surface area contributed by atoms with Crippen LogP contribution < -0.4 is 21.3 Å². The van der Waals surface area contributed by atoms with Crippen LogP contribution in [0.2, 0.25) is 0 Å². The molecule has 0 bridgehead atoms. The molecule has 298 valence electrons. The van der Waals surface area contributed by atoms with E-state index in [1.165, 1.54) is 0 Å². The number of amides is 4. The molecule has 0 spiro atoms. The first-order valence-corrected chi connectivity index (χ1v) is 18.6. The molecular formula is C42H52N6O8. The largest absolute Gasteiger partial charge is 0.387 e. The number of carbonyl (C=O) groups is 4. The van der Waals surface area contributed by atoms with E-state index < -0.39 is 72.0 Å². The predicted molar refractivity (Wildman–Crippen MR) is 208 cm³/mol. The minimum absolute atomic E-state index is 0.113. The van der Waals surface area contributed by atoms with Gasteiger partial charge < -0.3 is 41.0 Å². The Bertz CT molecular complexity index is 1670. The molecule has 56 heavy (non-hydrogen) atoms. The molecule has 4 rings (SSSR count). The highest BCUT2D eigenvalue weighted by atomic mass is 16.5. The van der Waals surface area contributed by atoms with Crippen LogP contribution in [0, 0.1) is 11.8 Å². The van der Waals surface area contributed by atoms with Crippen molar-refractivity contribution in [3.05, 3.63) is 132 Å². The molecule has 6 atom stereocenters. The Labute approximate surface area is 327 Å². The van der Waals surface area contributed by atoms with Crippen LogP contribution in [0.1, 0.15) is 50.2 Å². The Kier molecular flexibility index (Phi) is 17.1. The Morgan fingerprint density at radius 1 is 0.536 bits per heavy atom. The third kappa shape index (κ3) is 13.3. The highest BCUT2D eigenvalue weighted by Gasteiger charge is 2.43. The second kappa shape index (κ2) is 22.1. The zero-order valence-corrected chi connectivity index (χ0v) is 32.1. The van der Waals surface area contributed by atoms with Gasteiger partial charge in [-0.05, 0) is 47.2 Å². The third-order valence-electron chi connectivity index (χ3n) is 8.87. The fourth-order valence-corrected chi connectivity index (χ4v) is 5.66. The number of ether oxygens (including phenoxy) is 2. The monoisotopic (exact) mass is 768 g/mol. The first-order chi connectivity index (χ1) is 26.9. The number of hydrogen-bond acceptors (Lipinski definition) is 10. The van der Waals surface area contributed by atoms with Crippen LogP contribution in [0.4, 0.5) is 0 Å². The van der Waals surface area contributed by atoms with Gasteiger partial charge in [0.15, 0.2) is 12.2 Å². The van der Waals surface area contributed by atoms with Gasteiger partial charge in [-0.1, -0.05) is 100 Å². The number of carbonyl (C=O) groups excluding carboxylic acids is 4. The summed E-state index contributed by atoms with van der Waals surface area (Å²) in [6.07, 6.45) is -4.47. The summed E-state index contributed by atoms with van der Waals surface area (Å²) >= 11 is 0. The number of nitrogens with zero attached hydrogens (tertiary/aromatic N) is 2. The standard InChI is InChI=1S/C42H52N6O8/c1-27(2)33(39(51)45-23-31-19-11-13-21-43-31)47-41(53)37(55-25-29-15-7-5-8-16-29)35(49)36(50)38(56-26-30-17-9-6-10-18-30)42(54)48-34(28(3)4)40(52)46-24-32-20-12-14-22-44-32/h5-22,27-28,33-38,49-50H,23-26H2,1-4H3,(H,45,51)(H,46,52)(H,47,53)(H,48,54). The number of hydrogen-bond donors (Lipinski definition) is 6. The van der Waals surface area contributed by atoms with E-state index in [2.05, 4.69) is 31.2 Å². The molecule has 0 aliphatic carbocycles. The molecule has 6 unspecified atom stereocenters. The molecule has 14 heteroatoms. The molecule has 2 heterocycles. The number of pyridine rings is 2. The smallest absolute Gasteiger partial charge is 0.252 e. The van der Waals surface area contributed by atoms with E-state index in [0.29, 0.717) is 22.5 Å². The number of rotatable bonds is 21. The second-order valence-electron chi connectivity index (χ2n) is 14.0. The Morgan fingerprint density at radius 2 is 0.893 bits per heavy atom. The van der Waals surface area contributed by atoms with Crippen LogP contribution in [0.3, 0.4) is 0 Å². The zero-order chi connectivity index (χ0) is 40.5. The van der Waals surface area contributed by atoms with Crippen LogP contribution in [0.15, 0.2) is 109 Å². The van der Waals surface area contributed by atoms with Crippen molar-refractivity contribution < 1.29 is 38.9 Å². The molecule has 2 aromatic carbocycles. The lowest BCUT2D eigenvalue weighted by atomic mass is 9.98. The molecule has 0 saturated heterocycles. The molecule has 14 nitrogen and oxygen atoms in total. The number of nitrogens with one attached hydrogen (secondary N) is 4.